The average molecular weight is 545 g/mol. The number of hydrogen-bond acceptors (Lipinski definition) is 8. The van der Waals surface area contributed by atoms with Crippen LogP contribution in [-0.2, 0) is 19.1 Å². The van der Waals surface area contributed by atoms with E-state index in [2.05, 4.69) is 38.4 Å². The molecular formula is C26H46F2N6O4. The summed E-state index contributed by atoms with van der Waals surface area (Å²) in [6.45, 7) is 2.99. The second-order valence-electron chi connectivity index (χ2n) is 11.3. The number of amides is 2. The first kappa shape index (κ1) is 29.5. The maximum atomic E-state index is 12.7. The summed E-state index contributed by atoms with van der Waals surface area (Å²) in [4.78, 5) is 26.5. The number of carbonyl (C=O) groups is 2. The zero-order valence-corrected chi connectivity index (χ0v) is 22.7. The number of ether oxygens (including phenoxy) is 2. The van der Waals surface area contributed by atoms with E-state index < -0.39 is 6.61 Å². The third kappa shape index (κ3) is 7.82. The summed E-state index contributed by atoms with van der Waals surface area (Å²) in [6, 6.07) is 0.766. The Morgan fingerprint density at radius 1 is 1.11 bits per heavy atom. The number of nitrogens with zero attached hydrogens (tertiary/aromatic N) is 1. The van der Waals surface area contributed by atoms with E-state index in [0.29, 0.717) is 44.0 Å². The predicted molar refractivity (Wildman–Crippen MR) is 138 cm³/mol. The second-order valence-corrected chi connectivity index (χ2v) is 11.3. The molecule has 0 bridgehead atoms. The van der Waals surface area contributed by atoms with Crippen molar-refractivity contribution in [3.05, 3.63) is 0 Å². The molecule has 0 aromatic carbocycles. The lowest BCUT2D eigenvalue weighted by atomic mass is 9.77. The number of fused-ring (bicyclic) bond motifs is 1. The van der Waals surface area contributed by atoms with Crippen LogP contribution in [0.5, 0.6) is 0 Å². The molecule has 4 rings (SSSR count). The fraction of sp³-hybridized carbons (Fsp3) is 0.923. The van der Waals surface area contributed by atoms with Crippen LogP contribution in [0.1, 0.15) is 51.9 Å². The molecule has 4 aliphatic rings. The molecule has 0 aromatic rings. The predicted octanol–water partition coefficient (Wildman–Crippen LogP) is 0.587. The van der Waals surface area contributed by atoms with Gasteiger partial charge in [0.05, 0.1) is 25.0 Å². The van der Waals surface area contributed by atoms with Crippen LogP contribution in [0.25, 0.3) is 0 Å². The fourth-order valence-electron chi connectivity index (χ4n) is 6.91. The summed E-state index contributed by atoms with van der Waals surface area (Å²) in [6.07, 6.45) is 6.03. The van der Waals surface area contributed by atoms with Crippen LogP contribution in [0.15, 0.2) is 0 Å². The van der Waals surface area contributed by atoms with Gasteiger partial charge in [-0.1, -0.05) is 6.92 Å². The minimum absolute atomic E-state index is 0.000167. The van der Waals surface area contributed by atoms with E-state index in [1.807, 2.05) is 0 Å². The molecule has 4 fully saturated rings. The van der Waals surface area contributed by atoms with Gasteiger partial charge in [-0.2, -0.15) is 8.78 Å². The van der Waals surface area contributed by atoms with Gasteiger partial charge in [0.15, 0.2) is 0 Å². The van der Waals surface area contributed by atoms with Crippen molar-refractivity contribution in [2.75, 3.05) is 46.4 Å². The van der Waals surface area contributed by atoms with Gasteiger partial charge in [0.1, 0.15) is 6.61 Å². The van der Waals surface area contributed by atoms with Crippen molar-refractivity contribution in [1.82, 2.24) is 31.5 Å². The number of piperazine rings is 1. The Kier molecular flexibility index (Phi) is 11.1. The van der Waals surface area contributed by atoms with E-state index in [-0.39, 0.29) is 48.7 Å². The van der Waals surface area contributed by atoms with Crippen molar-refractivity contribution in [2.45, 2.75) is 89.0 Å². The molecule has 2 saturated heterocycles. The summed E-state index contributed by atoms with van der Waals surface area (Å²) < 4.78 is 35.2. The van der Waals surface area contributed by atoms with Crippen LogP contribution >= 0.6 is 0 Å². The zero-order chi connectivity index (χ0) is 27.1. The highest BCUT2D eigenvalue weighted by Gasteiger charge is 2.45. The van der Waals surface area contributed by atoms with Crippen molar-refractivity contribution >= 4 is 11.8 Å². The van der Waals surface area contributed by atoms with E-state index in [4.69, 9.17) is 9.47 Å². The van der Waals surface area contributed by atoms with Crippen molar-refractivity contribution in [2.24, 2.45) is 17.8 Å². The number of rotatable bonds is 11. The van der Waals surface area contributed by atoms with Crippen LogP contribution < -0.4 is 26.6 Å². The first-order valence-electron chi connectivity index (χ1n) is 14.3. The van der Waals surface area contributed by atoms with Crippen molar-refractivity contribution in [1.29, 1.82) is 0 Å². The summed E-state index contributed by atoms with van der Waals surface area (Å²) in [7, 11) is 1.56. The number of likely N-dealkylation sites (N-methyl/N-ethyl adjacent to an activating group) is 1. The van der Waals surface area contributed by atoms with E-state index in [9.17, 15) is 18.4 Å². The van der Waals surface area contributed by atoms with Gasteiger partial charge in [0.2, 0.25) is 11.8 Å². The van der Waals surface area contributed by atoms with Crippen LogP contribution in [0, 0.1) is 17.8 Å². The highest BCUT2D eigenvalue weighted by atomic mass is 19.3. The first-order chi connectivity index (χ1) is 18.4. The van der Waals surface area contributed by atoms with Gasteiger partial charge in [-0.15, -0.1) is 0 Å². The van der Waals surface area contributed by atoms with Gasteiger partial charge in [-0.3, -0.25) is 30.4 Å². The van der Waals surface area contributed by atoms with E-state index in [1.165, 1.54) is 0 Å². The quantitative estimate of drug-likeness (QED) is 0.240. The monoisotopic (exact) mass is 544 g/mol. The van der Waals surface area contributed by atoms with Crippen molar-refractivity contribution in [3.63, 3.8) is 0 Å². The summed E-state index contributed by atoms with van der Waals surface area (Å²) in [5.41, 5.74) is 0. The van der Waals surface area contributed by atoms with E-state index >= 15 is 0 Å². The van der Waals surface area contributed by atoms with Crippen LogP contribution in [-0.4, -0.2) is 100 Å². The second kappa shape index (κ2) is 14.3. The molecule has 2 aliphatic heterocycles. The Morgan fingerprint density at radius 2 is 1.89 bits per heavy atom. The molecule has 5 N–H and O–H groups in total. The molecule has 218 valence electrons. The molecular weight excluding hydrogens is 498 g/mol. The number of alkyl halides is 2. The van der Waals surface area contributed by atoms with Crippen LogP contribution in [0.2, 0.25) is 0 Å². The normalized spacial score (nSPS) is 36.1. The largest absolute Gasteiger partial charge is 0.370 e. The van der Waals surface area contributed by atoms with Crippen LogP contribution in [0.3, 0.4) is 0 Å². The molecule has 10 nitrogen and oxygen atoms in total. The molecule has 6 atom stereocenters. The number of halogens is 2. The lowest BCUT2D eigenvalue weighted by Crippen LogP contribution is -2.67. The summed E-state index contributed by atoms with van der Waals surface area (Å²) >= 11 is 0. The van der Waals surface area contributed by atoms with Gasteiger partial charge in [-0.25, -0.2) is 0 Å². The zero-order valence-electron chi connectivity index (χ0n) is 22.7. The molecule has 2 saturated carbocycles. The van der Waals surface area contributed by atoms with E-state index in [1.54, 1.807) is 7.05 Å². The Labute approximate surface area is 224 Å². The van der Waals surface area contributed by atoms with Gasteiger partial charge < -0.3 is 20.1 Å². The molecule has 2 aliphatic carbocycles. The van der Waals surface area contributed by atoms with Crippen molar-refractivity contribution < 1.29 is 27.8 Å². The average Bonchev–Trinajstić information content (AvgIpc) is 3.33. The van der Waals surface area contributed by atoms with E-state index in [0.717, 1.165) is 51.7 Å². The maximum absolute atomic E-state index is 12.7. The smallest absolute Gasteiger partial charge is 0.345 e. The van der Waals surface area contributed by atoms with Gasteiger partial charge in [0, 0.05) is 51.2 Å². The third-order valence-electron chi connectivity index (χ3n) is 8.91. The molecule has 0 spiro atoms. The Bertz CT molecular complexity index is 772. The lowest BCUT2D eigenvalue weighted by Gasteiger charge is -2.45. The first-order valence-corrected chi connectivity index (χ1v) is 14.3. The molecule has 0 aromatic heterocycles. The highest BCUT2D eigenvalue weighted by molar-refractivity contribution is 5.79. The molecule has 2 amide bonds. The Balaban J connectivity index is 1.19. The molecule has 12 heteroatoms. The molecule has 38 heavy (non-hydrogen) atoms. The maximum Gasteiger partial charge on any atom is 0.345 e. The Hall–Kier alpha value is -1.44. The topological polar surface area (TPSA) is 116 Å². The van der Waals surface area contributed by atoms with Crippen LogP contribution in [0.4, 0.5) is 8.78 Å². The molecule has 6 unspecified atom stereocenters. The fourth-order valence-corrected chi connectivity index (χ4v) is 6.91. The number of carbonyl (C=O) groups excluding carboxylic acids is 2. The number of nitrogens with one attached hydrogen (secondary N) is 5. The third-order valence-corrected chi connectivity index (χ3v) is 8.91. The highest BCUT2D eigenvalue weighted by Crippen LogP contribution is 2.35. The SMILES string of the molecule is CNC(=O)COCCNC(=O)C1CCC(NC2NCCN3C(C4CCC(OC(F)F)CC4)CNC23)CC1C. The Morgan fingerprint density at radius 3 is 2.61 bits per heavy atom. The minimum atomic E-state index is -2.68. The number of hydrogen-bond donors (Lipinski definition) is 5. The van der Waals surface area contributed by atoms with Gasteiger partial charge in [0.25, 0.3) is 0 Å². The molecule has 2 heterocycles. The standard InChI is InChI=1S/C26H46F2N6O4/c1-16-13-18(5-8-20(16)25(36)31-10-12-37-15-22(35)29-2)33-23-24-32-14-21(34(24)11-9-30-23)17-3-6-19(7-4-17)38-26(27)28/h16-21,23-24,26,30,32-33H,3-15H2,1-2H3,(H,29,35)(H,31,36). The van der Waals surface area contributed by atoms with Gasteiger partial charge >= 0.3 is 6.61 Å². The summed E-state index contributed by atoms with van der Waals surface area (Å²) in [5, 5.41) is 16.7. The van der Waals surface area contributed by atoms with Crippen molar-refractivity contribution in [3.8, 4) is 0 Å². The minimum Gasteiger partial charge on any atom is -0.370 e. The summed E-state index contributed by atoms with van der Waals surface area (Å²) in [5.74, 6) is 0.644. The van der Waals surface area contributed by atoms with Gasteiger partial charge in [-0.05, 0) is 56.8 Å². The lowest BCUT2D eigenvalue weighted by molar-refractivity contribution is -0.172. The molecule has 0 radical (unpaired) electrons.